The molecule has 0 aliphatic heterocycles. The highest BCUT2D eigenvalue weighted by molar-refractivity contribution is 7.89. The monoisotopic (exact) mass is 420 g/mol. The van der Waals surface area contributed by atoms with E-state index in [-0.39, 0.29) is 10.6 Å². The molecular weight excluding hydrogens is 396 g/mol. The number of carbonyl (C=O) groups is 1. The molecule has 0 atom stereocenters. The lowest BCUT2D eigenvalue weighted by Crippen LogP contribution is -2.22. The molecule has 0 aliphatic rings. The number of ether oxygens (including phenoxy) is 3. The first-order valence-corrected chi connectivity index (χ1v) is 9.98. The van der Waals surface area contributed by atoms with Gasteiger partial charge in [-0.2, -0.15) is 0 Å². The van der Waals surface area contributed by atoms with Gasteiger partial charge < -0.3 is 19.5 Å². The summed E-state index contributed by atoms with van der Waals surface area (Å²) in [5, 5.41) is 2.64. The minimum atomic E-state index is -3.65. The molecule has 2 rings (SSSR count). The van der Waals surface area contributed by atoms with Gasteiger partial charge in [-0.15, -0.1) is 0 Å². The van der Waals surface area contributed by atoms with E-state index in [1.807, 2.05) is 0 Å². The van der Waals surface area contributed by atoms with Gasteiger partial charge in [-0.3, -0.25) is 4.79 Å². The van der Waals surface area contributed by atoms with Crippen LogP contribution in [0, 0.1) is 0 Å². The number of methoxy groups -OCH3 is 3. The number of benzene rings is 2. The highest BCUT2D eigenvalue weighted by Gasteiger charge is 2.19. The van der Waals surface area contributed by atoms with Crippen molar-refractivity contribution < 1.29 is 27.4 Å². The van der Waals surface area contributed by atoms with Crippen molar-refractivity contribution in [3.8, 4) is 17.2 Å². The number of nitrogens with one attached hydrogen (secondary N) is 1. The Hall–Kier alpha value is -3.04. The lowest BCUT2D eigenvalue weighted by Gasteiger charge is -2.14. The molecule has 0 radical (unpaired) electrons. The number of amides is 1. The summed E-state index contributed by atoms with van der Waals surface area (Å²) in [6.45, 7) is 0. The largest absolute Gasteiger partial charge is 0.497 e. The zero-order valence-electron chi connectivity index (χ0n) is 16.9. The Morgan fingerprint density at radius 1 is 0.966 bits per heavy atom. The zero-order valence-corrected chi connectivity index (χ0v) is 17.7. The van der Waals surface area contributed by atoms with Gasteiger partial charge in [0.2, 0.25) is 15.9 Å². The summed E-state index contributed by atoms with van der Waals surface area (Å²) < 4.78 is 41.4. The van der Waals surface area contributed by atoms with Gasteiger partial charge in [-0.05, 0) is 36.4 Å². The number of rotatable bonds is 8. The van der Waals surface area contributed by atoms with E-state index in [0.717, 1.165) is 4.31 Å². The van der Waals surface area contributed by atoms with E-state index in [4.69, 9.17) is 14.2 Å². The number of hydrogen-bond acceptors (Lipinski definition) is 6. The Morgan fingerprint density at radius 3 is 2.24 bits per heavy atom. The van der Waals surface area contributed by atoms with E-state index in [1.54, 1.807) is 31.4 Å². The molecule has 0 fully saturated rings. The molecule has 156 valence electrons. The van der Waals surface area contributed by atoms with Crippen LogP contribution in [-0.4, -0.2) is 54.1 Å². The maximum Gasteiger partial charge on any atom is 0.248 e. The van der Waals surface area contributed by atoms with Crippen LogP contribution in [0.25, 0.3) is 6.08 Å². The van der Waals surface area contributed by atoms with Crippen molar-refractivity contribution in [3.63, 3.8) is 0 Å². The first-order valence-electron chi connectivity index (χ1n) is 8.54. The lowest BCUT2D eigenvalue weighted by atomic mass is 10.1. The van der Waals surface area contributed by atoms with Crippen LogP contribution in [0.2, 0.25) is 0 Å². The van der Waals surface area contributed by atoms with E-state index < -0.39 is 15.9 Å². The highest BCUT2D eigenvalue weighted by Crippen LogP contribution is 2.29. The van der Waals surface area contributed by atoms with Crippen LogP contribution < -0.4 is 19.5 Å². The summed E-state index contributed by atoms with van der Waals surface area (Å²) >= 11 is 0. The molecule has 2 aromatic rings. The Bertz CT molecular complexity index is 1020. The van der Waals surface area contributed by atoms with E-state index in [9.17, 15) is 13.2 Å². The Morgan fingerprint density at radius 2 is 1.66 bits per heavy atom. The van der Waals surface area contributed by atoms with Gasteiger partial charge in [0.05, 0.1) is 31.9 Å². The third kappa shape index (κ3) is 5.27. The molecule has 0 aromatic heterocycles. The molecule has 0 aliphatic carbocycles. The zero-order chi connectivity index (χ0) is 21.6. The SMILES string of the molecule is COc1ccc(/C=C/C(=O)Nc2cc(S(=O)(=O)N(C)C)ccc2OC)c(OC)c1. The molecule has 0 saturated heterocycles. The summed E-state index contributed by atoms with van der Waals surface area (Å²) in [6, 6.07) is 9.47. The molecular formula is C20H24N2O6S. The predicted molar refractivity (Wildman–Crippen MR) is 111 cm³/mol. The van der Waals surface area contributed by atoms with E-state index in [2.05, 4.69) is 5.32 Å². The fourth-order valence-electron chi connectivity index (χ4n) is 2.45. The van der Waals surface area contributed by atoms with Gasteiger partial charge in [0.15, 0.2) is 0 Å². The Labute approximate surface area is 170 Å². The number of carbonyl (C=O) groups excluding carboxylic acids is 1. The minimum Gasteiger partial charge on any atom is -0.497 e. The number of hydrogen-bond donors (Lipinski definition) is 1. The van der Waals surface area contributed by atoms with Crippen molar-refractivity contribution in [1.82, 2.24) is 4.31 Å². The molecule has 0 heterocycles. The Balaban J connectivity index is 2.27. The van der Waals surface area contributed by atoms with Gasteiger partial charge in [-0.1, -0.05) is 0 Å². The third-order valence-corrected chi connectivity index (χ3v) is 5.87. The van der Waals surface area contributed by atoms with Crippen LogP contribution in [0.3, 0.4) is 0 Å². The molecule has 2 aromatic carbocycles. The summed E-state index contributed by atoms with van der Waals surface area (Å²) in [5.74, 6) is 1.06. The molecule has 9 heteroatoms. The predicted octanol–water partition coefficient (Wildman–Crippen LogP) is 2.61. The van der Waals surface area contributed by atoms with Crippen LogP contribution in [0.4, 0.5) is 5.69 Å². The summed E-state index contributed by atoms with van der Waals surface area (Å²) in [7, 11) is 3.72. The van der Waals surface area contributed by atoms with E-state index in [0.29, 0.717) is 22.8 Å². The first kappa shape index (κ1) is 22.3. The molecule has 1 amide bonds. The quantitative estimate of drug-likeness (QED) is 0.660. The van der Waals surface area contributed by atoms with Crippen LogP contribution >= 0.6 is 0 Å². The first-order chi connectivity index (χ1) is 13.7. The maximum absolute atomic E-state index is 12.4. The highest BCUT2D eigenvalue weighted by atomic mass is 32.2. The van der Waals surface area contributed by atoms with Crippen LogP contribution in [0.1, 0.15) is 5.56 Å². The molecule has 0 unspecified atom stereocenters. The normalized spacial score (nSPS) is 11.5. The topological polar surface area (TPSA) is 94.2 Å². The van der Waals surface area contributed by atoms with Crippen molar-refractivity contribution in [1.29, 1.82) is 0 Å². The number of sulfonamides is 1. The fourth-order valence-corrected chi connectivity index (χ4v) is 3.38. The van der Waals surface area contributed by atoms with Gasteiger partial charge in [0.1, 0.15) is 17.2 Å². The molecule has 0 bridgehead atoms. The van der Waals surface area contributed by atoms with Crippen LogP contribution in [-0.2, 0) is 14.8 Å². The Kier molecular flexibility index (Phi) is 7.24. The smallest absolute Gasteiger partial charge is 0.248 e. The fraction of sp³-hybridized carbons (Fsp3) is 0.250. The standard InChI is InChI=1S/C20H24N2O6S/c1-22(2)29(24,25)16-9-10-18(27-4)17(13-16)21-20(23)11-7-14-6-8-15(26-3)12-19(14)28-5/h6-13H,1-5H3,(H,21,23)/b11-7+. The second-order valence-corrected chi connectivity index (χ2v) is 8.23. The molecule has 29 heavy (non-hydrogen) atoms. The third-order valence-electron chi connectivity index (χ3n) is 4.06. The van der Waals surface area contributed by atoms with Gasteiger partial charge in [-0.25, -0.2) is 12.7 Å². The summed E-state index contributed by atoms with van der Waals surface area (Å²) in [5.41, 5.74) is 0.922. The minimum absolute atomic E-state index is 0.0411. The van der Waals surface area contributed by atoms with Gasteiger partial charge in [0.25, 0.3) is 0 Å². The van der Waals surface area contributed by atoms with E-state index >= 15 is 0 Å². The molecule has 0 spiro atoms. The average Bonchev–Trinajstić information content (AvgIpc) is 2.71. The number of anilines is 1. The van der Waals surface area contributed by atoms with Gasteiger partial charge >= 0.3 is 0 Å². The molecule has 0 saturated carbocycles. The van der Waals surface area contributed by atoms with Crippen molar-refractivity contribution in [2.75, 3.05) is 40.7 Å². The molecule has 1 N–H and O–H groups in total. The molecule has 8 nitrogen and oxygen atoms in total. The van der Waals surface area contributed by atoms with Crippen LogP contribution in [0.5, 0.6) is 17.2 Å². The van der Waals surface area contributed by atoms with Gasteiger partial charge in [0, 0.05) is 31.8 Å². The maximum atomic E-state index is 12.4. The second kappa shape index (κ2) is 9.44. The van der Waals surface area contributed by atoms with Crippen molar-refractivity contribution >= 4 is 27.7 Å². The summed E-state index contributed by atoms with van der Waals surface area (Å²) in [6.07, 6.45) is 2.90. The van der Waals surface area contributed by atoms with Crippen molar-refractivity contribution in [2.24, 2.45) is 0 Å². The lowest BCUT2D eigenvalue weighted by molar-refractivity contribution is -0.111. The van der Waals surface area contributed by atoms with Crippen LogP contribution in [0.15, 0.2) is 47.4 Å². The second-order valence-electron chi connectivity index (χ2n) is 6.08. The van der Waals surface area contributed by atoms with Crippen molar-refractivity contribution in [3.05, 3.63) is 48.0 Å². The van der Waals surface area contributed by atoms with E-state index in [1.165, 1.54) is 52.6 Å². The number of nitrogens with zero attached hydrogens (tertiary/aromatic N) is 1. The van der Waals surface area contributed by atoms with Crippen molar-refractivity contribution in [2.45, 2.75) is 4.90 Å². The summed E-state index contributed by atoms with van der Waals surface area (Å²) in [4.78, 5) is 12.4. The average molecular weight is 420 g/mol.